The maximum Gasteiger partial charge on any atom is 0.326 e. The van der Waals surface area contributed by atoms with Gasteiger partial charge in [0.15, 0.2) is 0 Å². The predicted molar refractivity (Wildman–Crippen MR) is 155 cm³/mol. The van der Waals surface area contributed by atoms with Crippen LogP contribution in [0.1, 0.15) is 90.2 Å². The lowest BCUT2D eigenvalue weighted by Crippen LogP contribution is -2.50. The Labute approximate surface area is 247 Å². The molecule has 2 N–H and O–H groups in total. The number of nitrogens with zero attached hydrogens (tertiary/aromatic N) is 3. The van der Waals surface area contributed by atoms with Crippen LogP contribution in [0.4, 0.5) is 8.78 Å². The first-order chi connectivity index (χ1) is 19.5. The first kappa shape index (κ1) is 31.8. The Morgan fingerprint density at radius 3 is 2.36 bits per heavy atom. The van der Waals surface area contributed by atoms with E-state index in [2.05, 4.69) is 15.3 Å². The van der Waals surface area contributed by atoms with Gasteiger partial charge in [-0.3, -0.25) is 4.79 Å². The van der Waals surface area contributed by atoms with Gasteiger partial charge in [0, 0.05) is 54.4 Å². The fraction of sp³-hybridized carbons (Fsp3) is 0.625. The Morgan fingerprint density at radius 1 is 1.14 bits per heavy atom. The molecular formula is C32H44F2N4O4. The number of likely N-dealkylation sites (tertiary alicyclic amines) is 1. The largest absolute Gasteiger partial charge is 0.481 e. The molecule has 2 fully saturated rings. The number of carbonyl (C=O) groups excluding carboxylic acids is 1. The van der Waals surface area contributed by atoms with E-state index in [1.165, 1.54) is 4.90 Å². The van der Waals surface area contributed by atoms with Crippen molar-refractivity contribution in [3.05, 3.63) is 53.5 Å². The van der Waals surface area contributed by atoms with E-state index >= 15 is 0 Å². The number of halogens is 2. The average molecular weight is 587 g/mol. The number of nitrogens with one attached hydrogen (secondary N) is 1. The third-order valence-corrected chi connectivity index (χ3v) is 8.52. The van der Waals surface area contributed by atoms with Crippen LogP contribution in [-0.2, 0) is 21.5 Å². The number of hydrogen-bond donors (Lipinski definition) is 2. The highest BCUT2D eigenvalue weighted by Crippen LogP contribution is 2.50. The Bertz CT molecular complexity index is 1280. The molecule has 0 unspecified atom stereocenters. The number of aromatic nitrogens is 2. The molecule has 2 heterocycles. The number of carboxylic acid groups (broad SMARTS) is 1. The highest BCUT2D eigenvalue weighted by molar-refractivity contribution is 5.87. The number of benzene rings is 1. The summed E-state index contributed by atoms with van der Waals surface area (Å²) in [5, 5.41) is 14.2. The van der Waals surface area contributed by atoms with Gasteiger partial charge in [-0.25, -0.2) is 18.6 Å². The molecule has 230 valence electrons. The normalized spacial score (nSPS) is 26.2. The van der Waals surface area contributed by atoms with Crippen molar-refractivity contribution in [3.63, 3.8) is 0 Å². The molecule has 0 bridgehead atoms. The van der Waals surface area contributed by atoms with Crippen LogP contribution in [0.5, 0.6) is 5.88 Å². The lowest BCUT2D eigenvalue weighted by molar-refractivity contribution is -0.157. The zero-order valence-corrected chi connectivity index (χ0v) is 25.7. The number of aliphatic carboxylic acids is 1. The molecule has 0 radical (unpaired) electrons. The number of ether oxygens (including phenoxy) is 1. The van der Waals surface area contributed by atoms with Crippen LogP contribution in [0, 0.1) is 17.3 Å². The zero-order chi connectivity index (χ0) is 31.0. The molecule has 1 aliphatic carbocycles. The minimum Gasteiger partial charge on any atom is -0.481 e. The van der Waals surface area contributed by atoms with Crippen molar-refractivity contribution in [2.75, 3.05) is 7.11 Å². The molecule has 5 atom stereocenters. The quantitative estimate of drug-likeness (QED) is 0.425. The highest BCUT2D eigenvalue weighted by Gasteiger charge is 2.59. The monoisotopic (exact) mass is 586 g/mol. The van der Waals surface area contributed by atoms with Crippen molar-refractivity contribution >= 4 is 11.9 Å². The highest BCUT2D eigenvalue weighted by atomic mass is 19.3. The summed E-state index contributed by atoms with van der Waals surface area (Å²) < 4.78 is 34.6. The van der Waals surface area contributed by atoms with Crippen LogP contribution in [0.25, 0.3) is 0 Å². The first-order valence-corrected chi connectivity index (χ1v) is 14.7. The molecule has 1 saturated carbocycles. The number of amides is 1. The summed E-state index contributed by atoms with van der Waals surface area (Å²) in [5.74, 6) is -5.07. The maximum atomic E-state index is 14.5. The number of rotatable bonds is 7. The van der Waals surface area contributed by atoms with Crippen molar-refractivity contribution in [3.8, 4) is 5.88 Å². The summed E-state index contributed by atoms with van der Waals surface area (Å²) in [6, 6.07) is 6.83. The van der Waals surface area contributed by atoms with Crippen LogP contribution in [0.2, 0.25) is 0 Å². The van der Waals surface area contributed by atoms with E-state index < -0.39 is 59.6 Å². The second kappa shape index (κ2) is 11.9. The third kappa shape index (κ3) is 6.58. The van der Waals surface area contributed by atoms with E-state index in [0.29, 0.717) is 23.7 Å². The number of methoxy groups -OCH3 is 1. The molecule has 1 aromatic heterocycles. The van der Waals surface area contributed by atoms with Crippen LogP contribution < -0.4 is 10.1 Å². The van der Waals surface area contributed by atoms with E-state index in [-0.39, 0.29) is 24.8 Å². The second-order valence-corrected chi connectivity index (χ2v) is 13.8. The fourth-order valence-electron chi connectivity index (χ4n) is 6.60. The summed E-state index contributed by atoms with van der Waals surface area (Å²) in [4.78, 5) is 37.7. The van der Waals surface area contributed by atoms with E-state index in [9.17, 15) is 23.5 Å². The van der Waals surface area contributed by atoms with Gasteiger partial charge in [-0.2, -0.15) is 4.98 Å². The lowest BCUT2D eigenvalue weighted by atomic mass is 9.72. The molecule has 10 heteroatoms. The molecule has 1 saturated heterocycles. The Balaban J connectivity index is 1.79. The number of alkyl halides is 2. The van der Waals surface area contributed by atoms with Crippen LogP contribution in [0.15, 0.2) is 36.5 Å². The standard InChI is InChI=1S/C32H44F2N4O4/c1-30(2,3)22-23(35-17-21-18-36-29(31(4,5)6)37-26(21)42-7)24(19-12-9-8-10-13-19)38(25(22)28(40)41)27(39)20-14-11-15-32(33,34)16-20/h8-10,12-13,18,20,22-25,35H,11,14-17H2,1-7H3,(H,40,41)/t20-,22+,23+,24+,25+/m1/s1. The number of hydrogen-bond acceptors (Lipinski definition) is 6. The van der Waals surface area contributed by atoms with Crippen LogP contribution in [-0.4, -0.2) is 57.0 Å². The summed E-state index contributed by atoms with van der Waals surface area (Å²) in [5.41, 5.74) is 0.589. The molecule has 0 spiro atoms. The second-order valence-electron chi connectivity index (χ2n) is 13.8. The van der Waals surface area contributed by atoms with Gasteiger partial charge in [0.2, 0.25) is 17.7 Å². The minimum atomic E-state index is -2.95. The van der Waals surface area contributed by atoms with Crippen LogP contribution >= 0.6 is 0 Å². The molecule has 1 aromatic carbocycles. The van der Waals surface area contributed by atoms with Gasteiger partial charge >= 0.3 is 5.97 Å². The van der Waals surface area contributed by atoms with Gasteiger partial charge in [-0.05, 0) is 23.8 Å². The predicted octanol–water partition coefficient (Wildman–Crippen LogP) is 5.77. The zero-order valence-electron chi connectivity index (χ0n) is 25.7. The van der Waals surface area contributed by atoms with E-state index in [1.807, 2.05) is 71.9 Å². The van der Waals surface area contributed by atoms with E-state index in [0.717, 1.165) is 5.56 Å². The summed E-state index contributed by atoms with van der Waals surface area (Å²) in [6.45, 7) is 12.1. The van der Waals surface area contributed by atoms with Crippen molar-refractivity contribution in [2.45, 2.75) is 103 Å². The van der Waals surface area contributed by atoms with Gasteiger partial charge < -0.3 is 20.1 Å². The molecule has 1 aliphatic heterocycles. The molecule has 1 amide bonds. The summed E-state index contributed by atoms with van der Waals surface area (Å²) >= 11 is 0. The SMILES string of the molecule is COc1nc(C(C)(C)C)ncc1CN[C@H]1[C@H](C(C)(C)C)[C@@H](C(=O)O)N(C(=O)[C@@H]2CCCC(F)(F)C2)[C@H]1c1ccccc1. The van der Waals surface area contributed by atoms with Crippen molar-refractivity contribution in [1.82, 2.24) is 20.2 Å². The van der Waals surface area contributed by atoms with Crippen molar-refractivity contribution < 1.29 is 28.2 Å². The smallest absolute Gasteiger partial charge is 0.326 e. The third-order valence-electron chi connectivity index (χ3n) is 8.52. The Morgan fingerprint density at radius 2 is 1.81 bits per heavy atom. The van der Waals surface area contributed by atoms with Gasteiger partial charge in [-0.15, -0.1) is 0 Å². The van der Waals surface area contributed by atoms with Crippen molar-refractivity contribution in [2.24, 2.45) is 17.3 Å². The van der Waals surface area contributed by atoms with E-state index in [4.69, 9.17) is 4.74 Å². The first-order valence-electron chi connectivity index (χ1n) is 14.7. The molecule has 4 rings (SSSR count). The number of carbonyl (C=O) groups is 2. The lowest BCUT2D eigenvalue weighted by Gasteiger charge is -2.37. The van der Waals surface area contributed by atoms with Gasteiger partial charge in [0.05, 0.1) is 13.2 Å². The van der Waals surface area contributed by atoms with E-state index in [1.54, 1.807) is 13.3 Å². The fourth-order valence-corrected chi connectivity index (χ4v) is 6.60. The Hall–Kier alpha value is -3.14. The molecule has 8 nitrogen and oxygen atoms in total. The Kier molecular flexibility index (Phi) is 8.98. The summed E-state index contributed by atoms with van der Waals surface area (Å²) in [7, 11) is 1.54. The topological polar surface area (TPSA) is 105 Å². The summed E-state index contributed by atoms with van der Waals surface area (Å²) in [6.07, 6.45) is 1.42. The average Bonchev–Trinajstić information content (AvgIpc) is 3.26. The molecular weight excluding hydrogens is 542 g/mol. The van der Waals surface area contributed by atoms with Crippen molar-refractivity contribution in [1.29, 1.82) is 0 Å². The van der Waals surface area contributed by atoms with Gasteiger partial charge in [-0.1, -0.05) is 71.9 Å². The number of carboxylic acids is 1. The molecule has 42 heavy (non-hydrogen) atoms. The van der Waals surface area contributed by atoms with Gasteiger partial charge in [0.25, 0.3) is 0 Å². The minimum absolute atomic E-state index is 0.222. The molecule has 2 aliphatic rings. The molecule has 2 aromatic rings. The van der Waals surface area contributed by atoms with Gasteiger partial charge in [0.1, 0.15) is 11.9 Å². The maximum absolute atomic E-state index is 14.5. The van der Waals surface area contributed by atoms with Crippen LogP contribution in [0.3, 0.4) is 0 Å².